The zero-order valence-corrected chi connectivity index (χ0v) is 25.2. The Morgan fingerprint density at radius 3 is 2.62 bits per heavy atom. The van der Waals surface area contributed by atoms with Crippen molar-refractivity contribution in [3.05, 3.63) is 64.6 Å². The maximum atomic E-state index is 15.2. The lowest BCUT2D eigenvalue weighted by molar-refractivity contribution is -0.126. The first-order valence-corrected chi connectivity index (χ1v) is 15.7. The predicted molar refractivity (Wildman–Crippen MR) is 164 cm³/mol. The molecule has 0 saturated carbocycles. The molecule has 2 saturated heterocycles. The molecular formula is C32H37F2N5O2S. The Hall–Kier alpha value is -3.24. The van der Waals surface area contributed by atoms with Crippen LogP contribution in [0.4, 0.5) is 14.6 Å². The SMILES string of the molecule is C=CC(=O)N1CCN(c2nc(=O)n3c4c(c(-c5ccc(F)cc5F)c(C)cc24)SC[C@@H]3CC2CCN(C)CC2)[C@@H](C)C1. The van der Waals surface area contributed by atoms with E-state index in [0.717, 1.165) is 59.8 Å². The number of piperidine rings is 1. The van der Waals surface area contributed by atoms with Crippen molar-refractivity contribution in [2.75, 3.05) is 50.4 Å². The summed E-state index contributed by atoms with van der Waals surface area (Å²) in [6.07, 6.45) is 4.41. The minimum absolute atomic E-state index is 0.0273. The van der Waals surface area contributed by atoms with Crippen molar-refractivity contribution >= 4 is 34.4 Å². The van der Waals surface area contributed by atoms with Crippen molar-refractivity contribution in [2.45, 2.75) is 50.1 Å². The number of nitrogens with zero attached hydrogens (tertiary/aromatic N) is 5. The largest absolute Gasteiger partial charge is 0.350 e. The van der Waals surface area contributed by atoms with Crippen LogP contribution in [0.5, 0.6) is 0 Å². The van der Waals surface area contributed by atoms with Gasteiger partial charge >= 0.3 is 5.69 Å². The lowest BCUT2D eigenvalue weighted by atomic mass is 9.90. The molecule has 3 aromatic rings. The van der Waals surface area contributed by atoms with Crippen LogP contribution < -0.4 is 10.6 Å². The van der Waals surface area contributed by atoms with Crippen LogP contribution >= 0.6 is 11.8 Å². The molecule has 0 unspecified atom stereocenters. The third-order valence-electron chi connectivity index (χ3n) is 9.16. The van der Waals surface area contributed by atoms with Crippen molar-refractivity contribution in [1.29, 1.82) is 0 Å². The third kappa shape index (κ3) is 5.13. The Balaban J connectivity index is 1.51. The van der Waals surface area contributed by atoms with Gasteiger partial charge in [-0.15, -0.1) is 11.8 Å². The molecule has 4 heterocycles. The Labute approximate surface area is 249 Å². The molecule has 7 nitrogen and oxygen atoms in total. The third-order valence-corrected chi connectivity index (χ3v) is 10.4. The van der Waals surface area contributed by atoms with Gasteiger partial charge in [-0.25, -0.2) is 13.6 Å². The Morgan fingerprint density at radius 1 is 1.17 bits per heavy atom. The molecule has 0 spiro atoms. The number of likely N-dealkylation sites (tertiary alicyclic amines) is 1. The number of amides is 1. The van der Waals surface area contributed by atoms with Crippen LogP contribution in [-0.2, 0) is 4.79 Å². The summed E-state index contributed by atoms with van der Waals surface area (Å²) in [6.45, 7) is 11.2. The van der Waals surface area contributed by atoms with Gasteiger partial charge in [0, 0.05) is 64.9 Å². The number of aromatic nitrogens is 2. The maximum Gasteiger partial charge on any atom is 0.350 e. The molecule has 2 fully saturated rings. The maximum absolute atomic E-state index is 15.2. The van der Waals surface area contributed by atoms with E-state index in [4.69, 9.17) is 4.98 Å². The average molecular weight is 594 g/mol. The molecule has 2 atom stereocenters. The van der Waals surface area contributed by atoms with Crippen molar-refractivity contribution in [3.63, 3.8) is 0 Å². The van der Waals surface area contributed by atoms with E-state index >= 15 is 4.39 Å². The van der Waals surface area contributed by atoms with Crippen molar-refractivity contribution in [2.24, 2.45) is 5.92 Å². The Morgan fingerprint density at radius 2 is 1.93 bits per heavy atom. The number of benzene rings is 2. The molecule has 0 N–H and O–H groups in total. The molecular weight excluding hydrogens is 556 g/mol. The van der Waals surface area contributed by atoms with Crippen LogP contribution in [0.2, 0.25) is 0 Å². The minimum Gasteiger partial charge on any atom is -0.350 e. The van der Waals surface area contributed by atoms with Gasteiger partial charge in [-0.3, -0.25) is 9.36 Å². The van der Waals surface area contributed by atoms with Gasteiger partial charge < -0.3 is 14.7 Å². The van der Waals surface area contributed by atoms with Crippen LogP contribution in [0, 0.1) is 24.5 Å². The van der Waals surface area contributed by atoms with Crippen LogP contribution in [0.1, 0.15) is 37.8 Å². The first kappa shape index (κ1) is 28.9. The lowest BCUT2D eigenvalue weighted by Gasteiger charge is -2.41. The van der Waals surface area contributed by atoms with E-state index in [9.17, 15) is 14.0 Å². The first-order valence-electron chi connectivity index (χ1n) is 14.7. The zero-order valence-electron chi connectivity index (χ0n) is 24.4. The highest BCUT2D eigenvalue weighted by molar-refractivity contribution is 7.99. The highest BCUT2D eigenvalue weighted by atomic mass is 32.2. The number of anilines is 1. The van der Waals surface area contributed by atoms with Crippen molar-refractivity contribution in [3.8, 4) is 11.1 Å². The Bertz CT molecular complexity index is 1620. The zero-order chi connectivity index (χ0) is 29.7. The van der Waals surface area contributed by atoms with Gasteiger partial charge in [0.05, 0.1) is 5.52 Å². The normalized spacial score (nSPS) is 21.6. The quantitative estimate of drug-likeness (QED) is 0.377. The topological polar surface area (TPSA) is 61.7 Å². The average Bonchev–Trinajstić information content (AvgIpc) is 2.96. The minimum atomic E-state index is -0.624. The number of hydrogen-bond donors (Lipinski definition) is 0. The fraction of sp³-hybridized carbons (Fsp3) is 0.469. The summed E-state index contributed by atoms with van der Waals surface area (Å²) >= 11 is 1.66. The number of carbonyl (C=O) groups excluding carboxylic acids is 1. The molecule has 1 aromatic heterocycles. The van der Waals surface area contributed by atoms with Gasteiger partial charge in [0.1, 0.15) is 17.5 Å². The monoisotopic (exact) mass is 593 g/mol. The molecule has 0 bridgehead atoms. The van der Waals surface area contributed by atoms with E-state index in [-0.39, 0.29) is 23.7 Å². The second-order valence-corrected chi connectivity index (χ2v) is 13.0. The smallest absolute Gasteiger partial charge is 0.350 e. The number of halogens is 2. The van der Waals surface area contributed by atoms with Gasteiger partial charge in [-0.2, -0.15) is 4.98 Å². The van der Waals surface area contributed by atoms with Crippen molar-refractivity contribution < 1.29 is 13.6 Å². The van der Waals surface area contributed by atoms with Gasteiger partial charge in [-0.05, 0) is 89.0 Å². The standard InChI is InChI=1S/C32H37F2N5O2S/c1-5-27(40)37-12-13-38(20(3)17-37)31-25-14-19(2)28(24-7-6-22(33)16-26(24)34)30-29(25)39(32(41)35-31)23(18-42-30)15-21-8-10-36(4)11-9-21/h5-7,14,16,20-21,23H,1,8-13,15,17-18H2,2-4H3/t20-,23-/m0/s1. The van der Waals surface area contributed by atoms with E-state index in [1.807, 2.05) is 24.5 Å². The van der Waals surface area contributed by atoms with Gasteiger partial charge in [0.25, 0.3) is 0 Å². The second kappa shape index (κ2) is 11.4. The number of piperazine rings is 1. The molecule has 2 aromatic carbocycles. The summed E-state index contributed by atoms with van der Waals surface area (Å²) in [5.74, 6) is 0.447. The molecule has 10 heteroatoms. The summed E-state index contributed by atoms with van der Waals surface area (Å²) < 4.78 is 31.0. The molecule has 222 valence electrons. The van der Waals surface area contributed by atoms with Gasteiger partial charge in [0.15, 0.2) is 0 Å². The van der Waals surface area contributed by atoms with Gasteiger partial charge in [0.2, 0.25) is 5.91 Å². The fourth-order valence-electron chi connectivity index (χ4n) is 6.92. The van der Waals surface area contributed by atoms with Crippen LogP contribution in [0.25, 0.3) is 22.0 Å². The molecule has 1 amide bonds. The van der Waals surface area contributed by atoms with E-state index in [0.29, 0.717) is 48.2 Å². The number of aryl methyl sites for hydroxylation is 1. The van der Waals surface area contributed by atoms with E-state index in [1.165, 1.54) is 18.2 Å². The molecule has 42 heavy (non-hydrogen) atoms. The molecule has 3 aliphatic rings. The van der Waals surface area contributed by atoms with Crippen LogP contribution in [-0.4, -0.2) is 76.8 Å². The second-order valence-electron chi connectivity index (χ2n) is 12.0. The first-order chi connectivity index (χ1) is 20.2. The highest BCUT2D eigenvalue weighted by Crippen LogP contribution is 2.47. The highest BCUT2D eigenvalue weighted by Gasteiger charge is 2.34. The van der Waals surface area contributed by atoms with Crippen LogP contribution in [0.3, 0.4) is 0 Å². The van der Waals surface area contributed by atoms with E-state index in [2.05, 4.69) is 23.4 Å². The number of thioether (sulfide) groups is 1. The molecule has 0 aliphatic carbocycles. The summed E-state index contributed by atoms with van der Waals surface area (Å²) in [7, 11) is 2.15. The van der Waals surface area contributed by atoms with E-state index < -0.39 is 11.6 Å². The summed E-state index contributed by atoms with van der Waals surface area (Å²) in [5.41, 5.74) is 2.34. The summed E-state index contributed by atoms with van der Waals surface area (Å²) in [4.78, 5) is 38.1. The molecule has 0 radical (unpaired) electrons. The summed E-state index contributed by atoms with van der Waals surface area (Å²) in [6, 6.07) is 5.59. The molecule has 6 rings (SSSR count). The van der Waals surface area contributed by atoms with Crippen LogP contribution in [0.15, 0.2) is 46.6 Å². The summed E-state index contributed by atoms with van der Waals surface area (Å²) in [5, 5.41) is 0.851. The number of hydrogen-bond acceptors (Lipinski definition) is 6. The van der Waals surface area contributed by atoms with Gasteiger partial charge in [-0.1, -0.05) is 6.58 Å². The Kier molecular flexibility index (Phi) is 7.87. The predicted octanol–water partition coefficient (Wildman–Crippen LogP) is 5.25. The number of rotatable bonds is 5. The fourth-order valence-corrected chi connectivity index (χ4v) is 8.33. The molecule has 3 aliphatic heterocycles. The lowest BCUT2D eigenvalue weighted by Crippen LogP contribution is -2.54. The van der Waals surface area contributed by atoms with Crippen molar-refractivity contribution in [1.82, 2.24) is 19.4 Å². The number of carbonyl (C=O) groups is 1. The van der Waals surface area contributed by atoms with E-state index in [1.54, 1.807) is 16.7 Å².